The molecule has 0 aliphatic heterocycles. The van der Waals surface area contributed by atoms with E-state index in [1.54, 1.807) is 36.4 Å². The normalized spacial score (nSPS) is 10.1. The van der Waals surface area contributed by atoms with Gasteiger partial charge in [-0.1, -0.05) is 45.7 Å². The predicted octanol–water partition coefficient (Wildman–Crippen LogP) is 4.09. The molecule has 0 spiro atoms. The Balaban J connectivity index is 2.13. The molecule has 0 radical (unpaired) electrons. The molecule has 2 rings (SSSR count). The topological polar surface area (TPSA) is 49.4 Å². The highest BCUT2D eigenvalue weighted by atomic mass is 79.9. The van der Waals surface area contributed by atoms with Crippen molar-refractivity contribution >= 4 is 50.7 Å². The molecular formula is C16H14BrClN2O2. The highest BCUT2D eigenvalue weighted by Crippen LogP contribution is 2.25. The second-order valence-corrected chi connectivity index (χ2v) is 5.94. The number of halogens is 2. The van der Waals surface area contributed by atoms with E-state index in [0.29, 0.717) is 16.4 Å². The van der Waals surface area contributed by atoms with Gasteiger partial charge in [0.25, 0.3) is 0 Å². The lowest BCUT2D eigenvalue weighted by Crippen LogP contribution is -2.36. The van der Waals surface area contributed by atoms with Crippen LogP contribution in [0.15, 0.2) is 53.0 Å². The molecule has 0 saturated carbocycles. The molecule has 114 valence electrons. The summed E-state index contributed by atoms with van der Waals surface area (Å²) >= 11 is 9.43. The van der Waals surface area contributed by atoms with E-state index in [1.165, 1.54) is 11.8 Å². The maximum absolute atomic E-state index is 12.2. The number of carbonyl (C=O) groups excluding carboxylic acids is 2. The van der Waals surface area contributed by atoms with Crippen LogP contribution < -0.4 is 10.2 Å². The molecule has 0 unspecified atom stereocenters. The van der Waals surface area contributed by atoms with Crippen molar-refractivity contribution in [1.82, 2.24) is 0 Å². The summed E-state index contributed by atoms with van der Waals surface area (Å²) in [6, 6.07) is 14.2. The molecule has 0 atom stereocenters. The molecule has 22 heavy (non-hydrogen) atoms. The first-order valence-corrected chi connectivity index (χ1v) is 7.72. The third-order valence-electron chi connectivity index (χ3n) is 2.93. The number of rotatable bonds is 4. The van der Waals surface area contributed by atoms with Crippen LogP contribution >= 0.6 is 27.5 Å². The molecule has 4 nitrogen and oxygen atoms in total. The number of nitrogens with one attached hydrogen (secondary N) is 1. The zero-order valence-electron chi connectivity index (χ0n) is 11.8. The fourth-order valence-electron chi connectivity index (χ4n) is 1.95. The molecule has 2 amide bonds. The molecule has 2 aromatic carbocycles. The molecule has 0 saturated heterocycles. The van der Waals surface area contributed by atoms with E-state index >= 15 is 0 Å². The number of benzene rings is 2. The van der Waals surface area contributed by atoms with Gasteiger partial charge in [-0.2, -0.15) is 0 Å². The predicted molar refractivity (Wildman–Crippen MR) is 92.3 cm³/mol. The Kier molecular flexibility index (Phi) is 5.57. The van der Waals surface area contributed by atoms with E-state index in [0.717, 1.165) is 4.47 Å². The lowest BCUT2D eigenvalue weighted by Gasteiger charge is -2.21. The fourth-order valence-corrected chi connectivity index (χ4v) is 2.58. The number of para-hydroxylation sites is 1. The Hall–Kier alpha value is -1.85. The first-order valence-electron chi connectivity index (χ1n) is 6.55. The maximum Gasteiger partial charge on any atom is 0.244 e. The Morgan fingerprint density at radius 2 is 1.91 bits per heavy atom. The third kappa shape index (κ3) is 4.32. The van der Waals surface area contributed by atoms with E-state index in [-0.39, 0.29) is 18.4 Å². The maximum atomic E-state index is 12.2. The van der Waals surface area contributed by atoms with E-state index < -0.39 is 0 Å². The largest absolute Gasteiger partial charge is 0.324 e. The van der Waals surface area contributed by atoms with Crippen molar-refractivity contribution in [3.05, 3.63) is 58.0 Å². The van der Waals surface area contributed by atoms with Crippen LogP contribution in [0.25, 0.3) is 0 Å². The van der Waals surface area contributed by atoms with Crippen molar-refractivity contribution in [2.24, 2.45) is 0 Å². The van der Waals surface area contributed by atoms with Crippen LogP contribution in [0.2, 0.25) is 5.02 Å². The number of hydrogen-bond donors (Lipinski definition) is 1. The van der Waals surface area contributed by atoms with Crippen molar-refractivity contribution in [2.45, 2.75) is 6.92 Å². The summed E-state index contributed by atoms with van der Waals surface area (Å²) in [6.07, 6.45) is 0. The second kappa shape index (κ2) is 7.42. The highest BCUT2D eigenvalue weighted by molar-refractivity contribution is 9.10. The van der Waals surface area contributed by atoms with Gasteiger partial charge in [0.1, 0.15) is 6.54 Å². The number of amides is 2. The molecule has 0 aliphatic carbocycles. The van der Waals surface area contributed by atoms with Crippen LogP contribution in [-0.4, -0.2) is 18.4 Å². The molecule has 0 bridgehead atoms. The van der Waals surface area contributed by atoms with E-state index in [9.17, 15) is 9.59 Å². The Morgan fingerprint density at radius 3 is 2.55 bits per heavy atom. The second-order valence-electron chi connectivity index (χ2n) is 4.62. The van der Waals surface area contributed by atoms with E-state index in [4.69, 9.17) is 11.6 Å². The van der Waals surface area contributed by atoms with Gasteiger partial charge < -0.3 is 10.2 Å². The number of anilines is 2. The molecule has 0 aromatic heterocycles. The average molecular weight is 382 g/mol. The molecule has 2 aromatic rings. The summed E-state index contributed by atoms with van der Waals surface area (Å²) in [4.78, 5) is 25.3. The van der Waals surface area contributed by atoms with Gasteiger partial charge in [-0.25, -0.2) is 0 Å². The molecular weight excluding hydrogens is 368 g/mol. The highest BCUT2D eigenvalue weighted by Gasteiger charge is 2.18. The van der Waals surface area contributed by atoms with Gasteiger partial charge in [-0.15, -0.1) is 0 Å². The number of nitrogens with zero attached hydrogens (tertiary/aromatic N) is 1. The quantitative estimate of drug-likeness (QED) is 0.867. The van der Waals surface area contributed by atoms with Gasteiger partial charge >= 0.3 is 0 Å². The van der Waals surface area contributed by atoms with Crippen LogP contribution in [0.5, 0.6) is 0 Å². The van der Waals surface area contributed by atoms with Crippen LogP contribution in [0.4, 0.5) is 11.4 Å². The van der Waals surface area contributed by atoms with E-state index in [2.05, 4.69) is 21.2 Å². The van der Waals surface area contributed by atoms with Gasteiger partial charge in [0, 0.05) is 17.1 Å². The minimum absolute atomic E-state index is 0.106. The standard InChI is InChI=1S/C16H14BrClN2O2/c1-11(21)20(15-8-3-2-7-14(15)18)10-16(22)19-13-6-4-5-12(17)9-13/h2-9H,10H2,1H3,(H,19,22). The summed E-state index contributed by atoms with van der Waals surface area (Å²) in [7, 11) is 0. The third-order valence-corrected chi connectivity index (χ3v) is 3.75. The van der Waals surface area contributed by atoms with Crippen molar-refractivity contribution in [2.75, 3.05) is 16.8 Å². The molecule has 0 heterocycles. The minimum atomic E-state index is -0.298. The van der Waals surface area contributed by atoms with Crippen LogP contribution in [0.3, 0.4) is 0 Å². The molecule has 6 heteroatoms. The minimum Gasteiger partial charge on any atom is -0.324 e. The van der Waals surface area contributed by atoms with Gasteiger partial charge in [-0.3, -0.25) is 9.59 Å². The van der Waals surface area contributed by atoms with Crippen molar-refractivity contribution in [1.29, 1.82) is 0 Å². The summed E-state index contributed by atoms with van der Waals surface area (Å²) in [5.41, 5.74) is 1.17. The van der Waals surface area contributed by atoms with Crippen molar-refractivity contribution in [3.63, 3.8) is 0 Å². The number of carbonyl (C=O) groups is 2. The van der Waals surface area contributed by atoms with Gasteiger partial charge in [0.15, 0.2) is 0 Å². The lowest BCUT2D eigenvalue weighted by atomic mass is 10.2. The summed E-state index contributed by atoms with van der Waals surface area (Å²) < 4.78 is 0.861. The Morgan fingerprint density at radius 1 is 1.18 bits per heavy atom. The monoisotopic (exact) mass is 380 g/mol. The van der Waals surface area contributed by atoms with Gasteiger partial charge in [0.2, 0.25) is 11.8 Å². The molecule has 0 fully saturated rings. The summed E-state index contributed by atoms with van der Waals surface area (Å²) in [5.74, 6) is -0.550. The zero-order chi connectivity index (χ0) is 16.1. The summed E-state index contributed by atoms with van der Waals surface area (Å²) in [6.45, 7) is 1.29. The Bertz CT molecular complexity index is 706. The Labute approximate surface area is 142 Å². The van der Waals surface area contributed by atoms with Crippen LogP contribution in [0, 0.1) is 0 Å². The molecule has 0 aliphatic rings. The van der Waals surface area contributed by atoms with Crippen molar-refractivity contribution < 1.29 is 9.59 Å². The number of hydrogen-bond acceptors (Lipinski definition) is 2. The fraction of sp³-hybridized carbons (Fsp3) is 0.125. The van der Waals surface area contributed by atoms with Crippen LogP contribution in [-0.2, 0) is 9.59 Å². The van der Waals surface area contributed by atoms with E-state index in [1.807, 2.05) is 12.1 Å². The average Bonchev–Trinajstić information content (AvgIpc) is 2.45. The zero-order valence-corrected chi connectivity index (χ0v) is 14.2. The van der Waals surface area contributed by atoms with Crippen molar-refractivity contribution in [3.8, 4) is 0 Å². The van der Waals surface area contributed by atoms with Gasteiger partial charge in [0.05, 0.1) is 10.7 Å². The first-order chi connectivity index (χ1) is 10.5. The molecule has 1 N–H and O–H groups in total. The van der Waals surface area contributed by atoms with Gasteiger partial charge in [-0.05, 0) is 30.3 Å². The lowest BCUT2D eigenvalue weighted by molar-refractivity contribution is -0.120. The SMILES string of the molecule is CC(=O)N(CC(=O)Nc1cccc(Br)c1)c1ccccc1Cl. The summed E-state index contributed by atoms with van der Waals surface area (Å²) in [5, 5.41) is 3.18. The van der Waals surface area contributed by atoms with Crippen LogP contribution in [0.1, 0.15) is 6.92 Å². The first kappa shape index (κ1) is 16.5. The smallest absolute Gasteiger partial charge is 0.244 e.